The number of amides is 1. The maximum atomic E-state index is 13.5. The monoisotopic (exact) mass is 463 g/mol. The summed E-state index contributed by atoms with van der Waals surface area (Å²) in [5.74, 6) is 0.312. The van der Waals surface area contributed by atoms with Gasteiger partial charge in [-0.05, 0) is 53.2 Å². The van der Waals surface area contributed by atoms with Crippen molar-refractivity contribution < 1.29 is 27.7 Å². The van der Waals surface area contributed by atoms with Crippen molar-refractivity contribution >= 4 is 13.9 Å². The predicted octanol–water partition coefficient (Wildman–Crippen LogP) is 6.57. The molecule has 0 unspecified atom stereocenters. The molecule has 0 heterocycles. The second kappa shape index (κ2) is 10.5. The Morgan fingerprint density at radius 2 is 1.41 bits per heavy atom. The Kier molecular flexibility index (Phi) is 8.52. The van der Waals surface area contributed by atoms with E-state index in [1.54, 1.807) is 66.8 Å². The Labute approximate surface area is 191 Å². The first kappa shape index (κ1) is 25.9. The van der Waals surface area contributed by atoms with Gasteiger partial charge in [0, 0.05) is 12.6 Å². The Hall–Kier alpha value is -2.34. The molecule has 0 N–H and O–H groups in total. The van der Waals surface area contributed by atoms with Crippen LogP contribution < -0.4 is 4.52 Å². The fraction of sp³-hybridized carbons (Fsp3) is 0.458. The summed E-state index contributed by atoms with van der Waals surface area (Å²) in [5, 5.41) is 0. The standard InChI is InChI=1S/C24H34NO6P/c1-23(2,3)30-32(27,31-24(4,5)6)29-21-16-12-11-15-20(21)17-25(7)22(26)28-18-19-13-9-8-10-14-19/h8-16H,17-18H2,1-7H3. The summed E-state index contributed by atoms with van der Waals surface area (Å²) >= 11 is 0. The maximum Gasteiger partial charge on any atom is 0.531 e. The molecule has 0 aliphatic rings. The van der Waals surface area contributed by atoms with Crippen LogP contribution in [0.25, 0.3) is 0 Å². The van der Waals surface area contributed by atoms with Crippen LogP contribution in [0, 0.1) is 0 Å². The highest BCUT2D eigenvalue weighted by Gasteiger charge is 2.39. The van der Waals surface area contributed by atoms with E-state index in [9.17, 15) is 9.36 Å². The molecule has 0 spiro atoms. The van der Waals surface area contributed by atoms with E-state index in [0.717, 1.165) is 5.56 Å². The third-order valence-corrected chi connectivity index (χ3v) is 5.84. The third kappa shape index (κ3) is 9.03. The number of carbonyl (C=O) groups is 1. The molecule has 2 aromatic rings. The SMILES string of the molecule is CN(Cc1ccccc1OP(=O)(OC(C)(C)C)OC(C)(C)C)C(=O)OCc1ccccc1. The molecule has 0 saturated carbocycles. The first-order chi connectivity index (χ1) is 14.8. The number of ether oxygens (including phenoxy) is 1. The number of phosphoric ester groups is 1. The van der Waals surface area contributed by atoms with Gasteiger partial charge in [-0.3, -0.25) is 9.05 Å². The van der Waals surface area contributed by atoms with Gasteiger partial charge >= 0.3 is 13.9 Å². The molecule has 0 radical (unpaired) electrons. The van der Waals surface area contributed by atoms with Crippen LogP contribution in [-0.4, -0.2) is 29.2 Å². The van der Waals surface area contributed by atoms with Gasteiger partial charge in [0.2, 0.25) is 0 Å². The van der Waals surface area contributed by atoms with E-state index >= 15 is 0 Å². The molecule has 0 bridgehead atoms. The van der Waals surface area contributed by atoms with Crippen LogP contribution in [0.5, 0.6) is 5.75 Å². The molecule has 0 aliphatic carbocycles. The average molecular weight is 464 g/mol. The molecule has 1 amide bonds. The molecule has 176 valence electrons. The first-order valence-electron chi connectivity index (χ1n) is 10.5. The van der Waals surface area contributed by atoms with Crippen LogP contribution in [0.3, 0.4) is 0 Å². The van der Waals surface area contributed by atoms with Crippen LogP contribution >= 0.6 is 7.82 Å². The molecule has 0 aromatic heterocycles. The van der Waals surface area contributed by atoms with E-state index in [0.29, 0.717) is 11.3 Å². The topological polar surface area (TPSA) is 74.3 Å². The maximum absolute atomic E-state index is 13.5. The zero-order valence-corrected chi connectivity index (χ0v) is 20.8. The summed E-state index contributed by atoms with van der Waals surface area (Å²) in [6.45, 7) is 11.0. The largest absolute Gasteiger partial charge is 0.531 e. The zero-order valence-electron chi connectivity index (χ0n) is 20.0. The van der Waals surface area contributed by atoms with E-state index in [1.165, 1.54) is 4.90 Å². The molecule has 8 heteroatoms. The number of para-hydroxylation sites is 1. The fourth-order valence-corrected chi connectivity index (χ4v) is 4.59. The van der Waals surface area contributed by atoms with Gasteiger partial charge in [0.25, 0.3) is 0 Å². The van der Waals surface area contributed by atoms with Crippen molar-refractivity contribution in [1.29, 1.82) is 0 Å². The molecule has 7 nitrogen and oxygen atoms in total. The van der Waals surface area contributed by atoms with Crippen molar-refractivity contribution in [2.24, 2.45) is 0 Å². The number of hydrogen-bond acceptors (Lipinski definition) is 6. The van der Waals surface area contributed by atoms with Crippen molar-refractivity contribution in [2.45, 2.75) is 65.9 Å². The van der Waals surface area contributed by atoms with Gasteiger partial charge in [-0.15, -0.1) is 0 Å². The van der Waals surface area contributed by atoms with E-state index in [-0.39, 0.29) is 13.2 Å². The van der Waals surface area contributed by atoms with E-state index < -0.39 is 25.1 Å². The van der Waals surface area contributed by atoms with E-state index in [2.05, 4.69) is 0 Å². The molecular weight excluding hydrogens is 429 g/mol. The van der Waals surface area contributed by atoms with Gasteiger partial charge < -0.3 is 14.2 Å². The van der Waals surface area contributed by atoms with Crippen molar-refractivity contribution in [3.05, 3.63) is 65.7 Å². The first-order valence-corrected chi connectivity index (χ1v) is 11.9. The molecular formula is C24H34NO6P. The minimum atomic E-state index is -3.97. The molecule has 0 atom stereocenters. The lowest BCUT2D eigenvalue weighted by Gasteiger charge is -2.31. The minimum absolute atomic E-state index is 0.177. The van der Waals surface area contributed by atoms with E-state index in [4.69, 9.17) is 18.3 Å². The molecule has 0 fully saturated rings. The summed E-state index contributed by atoms with van der Waals surface area (Å²) < 4.78 is 36.1. The number of hydrogen-bond donors (Lipinski definition) is 0. The van der Waals surface area contributed by atoms with E-state index in [1.807, 2.05) is 36.4 Å². The minimum Gasteiger partial charge on any atom is -0.445 e. The fourth-order valence-electron chi connectivity index (χ4n) is 2.72. The Balaban J connectivity index is 2.14. The Morgan fingerprint density at radius 3 is 1.97 bits per heavy atom. The van der Waals surface area contributed by atoms with Crippen molar-refractivity contribution in [2.75, 3.05) is 7.05 Å². The lowest BCUT2D eigenvalue weighted by molar-refractivity contribution is 0.0222. The number of carbonyl (C=O) groups excluding carboxylic acids is 1. The normalized spacial score (nSPS) is 12.3. The smallest absolute Gasteiger partial charge is 0.445 e. The third-order valence-electron chi connectivity index (χ3n) is 3.88. The highest BCUT2D eigenvalue weighted by Crippen LogP contribution is 2.55. The van der Waals surface area contributed by atoms with Crippen molar-refractivity contribution in [3.8, 4) is 5.75 Å². The van der Waals surface area contributed by atoms with Crippen LogP contribution in [0.2, 0.25) is 0 Å². The molecule has 2 aromatic carbocycles. The van der Waals surface area contributed by atoms with Gasteiger partial charge in [-0.2, -0.15) is 0 Å². The lowest BCUT2D eigenvalue weighted by Crippen LogP contribution is -2.28. The summed E-state index contributed by atoms with van der Waals surface area (Å²) in [4.78, 5) is 13.9. The van der Waals surface area contributed by atoms with Crippen LogP contribution in [0.1, 0.15) is 52.7 Å². The second-order valence-electron chi connectivity index (χ2n) is 9.45. The van der Waals surface area contributed by atoms with Gasteiger partial charge in [-0.25, -0.2) is 9.36 Å². The van der Waals surface area contributed by atoms with Gasteiger partial charge in [0.05, 0.1) is 17.7 Å². The van der Waals surface area contributed by atoms with Crippen molar-refractivity contribution in [1.82, 2.24) is 4.90 Å². The number of rotatable bonds is 8. The van der Waals surface area contributed by atoms with Gasteiger partial charge in [-0.1, -0.05) is 48.5 Å². The number of benzene rings is 2. The second-order valence-corrected chi connectivity index (χ2v) is 10.9. The quantitative estimate of drug-likeness (QED) is 0.412. The number of nitrogens with zero attached hydrogens (tertiary/aromatic N) is 1. The molecule has 0 saturated heterocycles. The summed E-state index contributed by atoms with van der Waals surface area (Å²) in [5.41, 5.74) is 0.0288. The summed E-state index contributed by atoms with van der Waals surface area (Å²) in [6.07, 6.45) is -0.483. The van der Waals surface area contributed by atoms with Gasteiger partial charge in [0.1, 0.15) is 12.4 Å². The summed E-state index contributed by atoms with van der Waals surface area (Å²) in [7, 11) is -2.34. The van der Waals surface area contributed by atoms with Gasteiger partial charge in [0.15, 0.2) is 0 Å². The van der Waals surface area contributed by atoms with Crippen LogP contribution in [0.4, 0.5) is 4.79 Å². The Morgan fingerprint density at radius 1 is 0.875 bits per heavy atom. The average Bonchev–Trinajstić information content (AvgIpc) is 2.65. The predicted molar refractivity (Wildman–Crippen MR) is 124 cm³/mol. The zero-order chi connectivity index (χ0) is 24.0. The highest BCUT2D eigenvalue weighted by atomic mass is 31.2. The molecule has 32 heavy (non-hydrogen) atoms. The molecule has 0 aliphatic heterocycles. The highest BCUT2D eigenvalue weighted by molar-refractivity contribution is 7.49. The summed E-state index contributed by atoms with van der Waals surface area (Å²) in [6, 6.07) is 16.5. The van der Waals surface area contributed by atoms with Crippen molar-refractivity contribution in [3.63, 3.8) is 0 Å². The molecule has 2 rings (SSSR count). The Bertz CT molecular complexity index is 913. The van der Waals surface area contributed by atoms with Crippen LogP contribution in [0.15, 0.2) is 54.6 Å². The lowest BCUT2D eigenvalue weighted by atomic mass is 10.2. The number of phosphoric acid groups is 1. The van der Waals surface area contributed by atoms with Crippen LogP contribution in [-0.2, 0) is 31.5 Å².